The van der Waals surface area contributed by atoms with Crippen LogP contribution in [0.4, 0.5) is 0 Å². The van der Waals surface area contributed by atoms with Crippen LogP contribution in [0.3, 0.4) is 0 Å². The maximum absolute atomic E-state index is 9.31. The highest BCUT2D eigenvalue weighted by molar-refractivity contribution is 9.09. The molecule has 0 aliphatic carbocycles. The lowest BCUT2D eigenvalue weighted by Crippen LogP contribution is -2.39. The standard InChI is InChI=1S/C15H22BrNO/c1-12(16)10-14-4-2-3-9-17(14)11-13-5-7-15(18)8-6-13/h5-8,12,14,18H,2-4,9-11H2,1H3. The monoisotopic (exact) mass is 311 g/mol. The van der Waals surface area contributed by atoms with E-state index in [1.807, 2.05) is 12.1 Å². The zero-order valence-electron chi connectivity index (χ0n) is 11.0. The molecule has 3 heteroatoms. The highest BCUT2D eigenvalue weighted by Crippen LogP contribution is 2.25. The first kappa shape index (κ1) is 13.9. The van der Waals surface area contributed by atoms with Crippen LogP contribution in [0.5, 0.6) is 5.75 Å². The first-order valence-electron chi connectivity index (χ1n) is 6.81. The Balaban J connectivity index is 1.98. The lowest BCUT2D eigenvalue weighted by Gasteiger charge is -2.36. The summed E-state index contributed by atoms with van der Waals surface area (Å²) in [6.07, 6.45) is 5.20. The van der Waals surface area contributed by atoms with Crippen LogP contribution < -0.4 is 0 Å². The zero-order valence-corrected chi connectivity index (χ0v) is 12.6. The van der Waals surface area contributed by atoms with Crippen molar-refractivity contribution >= 4 is 15.9 Å². The van der Waals surface area contributed by atoms with Crippen LogP contribution in [0.1, 0.15) is 38.2 Å². The van der Waals surface area contributed by atoms with Gasteiger partial charge in [0, 0.05) is 17.4 Å². The molecule has 100 valence electrons. The molecule has 1 heterocycles. The third-order valence-corrected chi connectivity index (χ3v) is 4.04. The fourth-order valence-electron chi connectivity index (χ4n) is 2.75. The minimum Gasteiger partial charge on any atom is -0.508 e. The zero-order chi connectivity index (χ0) is 13.0. The first-order valence-corrected chi connectivity index (χ1v) is 7.73. The Morgan fingerprint density at radius 2 is 2.06 bits per heavy atom. The Morgan fingerprint density at radius 3 is 2.72 bits per heavy atom. The van der Waals surface area contributed by atoms with Gasteiger partial charge < -0.3 is 5.11 Å². The number of likely N-dealkylation sites (tertiary alicyclic amines) is 1. The smallest absolute Gasteiger partial charge is 0.115 e. The van der Waals surface area contributed by atoms with Crippen molar-refractivity contribution in [2.75, 3.05) is 6.54 Å². The van der Waals surface area contributed by atoms with Crippen LogP contribution in [0.25, 0.3) is 0 Å². The van der Waals surface area contributed by atoms with E-state index < -0.39 is 0 Å². The Bertz CT molecular complexity index is 363. The number of rotatable bonds is 4. The summed E-state index contributed by atoms with van der Waals surface area (Å²) in [5.74, 6) is 0.350. The number of hydrogen-bond donors (Lipinski definition) is 1. The minimum absolute atomic E-state index is 0.350. The number of piperidine rings is 1. The SMILES string of the molecule is CC(Br)CC1CCCCN1Cc1ccc(O)cc1. The molecule has 2 nitrogen and oxygen atoms in total. The van der Waals surface area contributed by atoms with Crippen molar-refractivity contribution in [2.24, 2.45) is 0 Å². The van der Waals surface area contributed by atoms with Gasteiger partial charge in [-0.15, -0.1) is 0 Å². The van der Waals surface area contributed by atoms with Gasteiger partial charge in [0.15, 0.2) is 0 Å². The van der Waals surface area contributed by atoms with Crippen LogP contribution in [0.15, 0.2) is 24.3 Å². The largest absolute Gasteiger partial charge is 0.508 e. The fraction of sp³-hybridized carbons (Fsp3) is 0.600. The summed E-state index contributed by atoms with van der Waals surface area (Å²) in [4.78, 5) is 3.18. The molecule has 1 saturated heterocycles. The van der Waals surface area contributed by atoms with E-state index in [2.05, 4.69) is 27.8 Å². The highest BCUT2D eigenvalue weighted by atomic mass is 79.9. The number of nitrogens with zero attached hydrogens (tertiary/aromatic N) is 1. The Labute approximate surface area is 118 Å². The van der Waals surface area contributed by atoms with Crippen LogP contribution in [0.2, 0.25) is 0 Å². The third-order valence-electron chi connectivity index (χ3n) is 3.67. The van der Waals surface area contributed by atoms with Gasteiger partial charge in [0.2, 0.25) is 0 Å². The Morgan fingerprint density at radius 1 is 1.33 bits per heavy atom. The summed E-state index contributed by atoms with van der Waals surface area (Å²) in [5.41, 5.74) is 1.29. The molecule has 1 N–H and O–H groups in total. The van der Waals surface area contributed by atoms with E-state index in [9.17, 15) is 5.11 Å². The number of benzene rings is 1. The van der Waals surface area contributed by atoms with Gasteiger partial charge in [0.1, 0.15) is 5.75 Å². The predicted octanol–water partition coefficient (Wildman–Crippen LogP) is 3.92. The predicted molar refractivity (Wildman–Crippen MR) is 79.2 cm³/mol. The summed E-state index contributed by atoms with van der Waals surface area (Å²) in [6.45, 7) is 4.43. The van der Waals surface area contributed by atoms with Crippen molar-refractivity contribution in [2.45, 2.75) is 50.0 Å². The van der Waals surface area contributed by atoms with Gasteiger partial charge in [0.25, 0.3) is 0 Å². The molecule has 2 rings (SSSR count). The molecule has 0 bridgehead atoms. The van der Waals surface area contributed by atoms with E-state index in [0.29, 0.717) is 16.6 Å². The summed E-state index contributed by atoms with van der Waals surface area (Å²) in [7, 11) is 0. The average molecular weight is 312 g/mol. The average Bonchev–Trinajstić information content (AvgIpc) is 2.34. The van der Waals surface area contributed by atoms with Crippen LogP contribution in [-0.2, 0) is 6.54 Å². The number of hydrogen-bond acceptors (Lipinski definition) is 2. The van der Waals surface area contributed by atoms with Crippen molar-refractivity contribution in [3.05, 3.63) is 29.8 Å². The second kappa shape index (κ2) is 6.58. The molecule has 1 aliphatic heterocycles. The lowest BCUT2D eigenvalue weighted by molar-refractivity contribution is 0.133. The maximum Gasteiger partial charge on any atom is 0.115 e. The topological polar surface area (TPSA) is 23.5 Å². The number of alkyl halides is 1. The summed E-state index contributed by atoms with van der Waals surface area (Å²) in [5, 5.41) is 9.31. The molecule has 1 fully saturated rings. The normalized spacial score (nSPS) is 22.9. The van der Waals surface area contributed by atoms with Gasteiger partial charge in [-0.05, 0) is 43.5 Å². The first-order chi connectivity index (χ1) is 8.65. The second-order valence-corrected chi connectivity index (χ2v) is 6.87. The number of aromatic hydroxyl groups is 1. The lowest BCUT2D eigenvalue weighted by atomic mass is 9.97. The maximum atomic E-state index is 9.31. The van der Waals surface area contributed by atoms with E-state index in [1.54, 1.807) is 12.1 Å². The number of phenols is 1. The Hall–Kier alpha value is -0.540. The minimum atomic E-state index is 0.350. The van der Waals surface area contributed by atoms with Crippen molar-refractivity contribution < 1.29 is 5.11 Å². The quantitative estimate of drug-likeness (QED) is 0.852. The van der Waals surface area contributed by atoms with Crippen molar-refractivity contribution in [1.82, 2.24) is 4.90 Å². The van der Waals surface area contributed by atoms with Gasteiger partial charge in [-0.25, -0.2) is 0 Å². The molecule has 0 spiro atoms. The van der Waals surface area contributed by atoms with E-state index in [0.717, 1.165) is 6.54 Å². The summed E-state index contributed by atoms with van der Waals surface area (Å²) < 4.78 is 0. The highest BCUT2D eigenvalue weighted by Gasteiger charge is 2.23. The molecular weight excluding hydrogens is 290 g/mol. The number of halogens is 1. The summed E-state index contributed by atoms with van der Waals surface area (Å²) >= 11 is 3.67. The van der Waals surface area contributed by atoms with E-state index >= 15 is 0 Å². The van der Waals surface area contributed by atoms with Crippen molar-refractivity contribution in [1.29, 1.82) is 0 Å². The molecule has 1 aromatic carbocycles. The molecule has 1 aromatic rings. The molecule has 18 heavy (non-hydrogen) atoms. The molecule has 0 aromatic heterocycles. The molecule has 0 radical (unpaired) electrons. The third kappa shape index (κ3) is 3.99. The van der Waals surface area contributed by atoms with Gasteiger partial charge in [-0.1, -0.05) is 41.4 Å². The molecular formula is C15H22BrNO. The van der Waals surface area contributed by atoms with E-state index in [-0.39, 0.29) is 0 Å². The molecule has 1 aliphatic rings. The van der Waals surface area contributed by atoms with Crippen molar-refractivity contribution in [3.8, 4) is 5.75 Å². The van der Waals surface area contributed by atoms with Gasteiger partial charge >= 0.3 is 0 Å². The molecule has 2 atom stereocenters. The summed E-state index contributed by atoms with van der Waals surface area (Å²) in [6, 6.07) is 8.31. The second-order valence-electron chi connectivity index (χ2n) is 5.30. The van der Waals surface area contributed by atoms with Crippen LogP contribution >= 0.6 is 15.9 Å². The Kier molecular flexibility index (Phi) is 5.07. The van der Waals surface area contributed by atoms with Crippen LogP contribution in [0, 0.1) is 0 Å². The molecule has 2 unspecified atom stereocenters. The van der Waals surface area contributed by atoms with Gasteiger partial charge in [-0.3, -0.25) is 4.90 Å². The molecule has 0 saturated carbocycles. The van der Waals surface area contributed by atoms with E-state index in [1.165, 1.54) is 37.8 Å². The van der Waals surface area contributed by atoms with E-state index in [4.69, 9.17) is 0 Å². The molecule has 0 amide bonds. The van der Waals surface area contributed by atoms with Crippen molar-refractivity contribution in [3.63, 3.8) is 0 Å². The van der Waals surface area contributed by atoms with Crippen LogP contribution in [-0.4, -0.2) is 27.4 Å². The van der Waals surface area contributed by atoms with Gasteiger partial charge in [-0.2, -0.15) is 0 Å². The van der Waals surface area contributed by atoms with Gasteiger partial charge in [0.05, 0.1) is 0 Å². The fourth-order valence-corrected chi connectivity index (χ4v) is 3.18. The number of phenolic OH excluding ortho intramolecular Hbond substituents is 1.